The van der Waals surface area contributed by atoms with Crippen molar-refractivity contribution in [1.29, 1.82) is 0 Å². The topological polar surface area (TPSA) is 15.8 Å². The summed E-state index contributed by atoms with van der Waals surface area (Å²) in [5, 5.41) is 1.76. The molecule has 0 spiro atoms. The zero-order chi connectivity index (χ0) is 13.6. The van der Waals surface area contributed by atoms with E-state index < -0.39 is 12.6 Å². The van der Waals surface area contributed by atoms with E-state index in [-0.39, 0.29) is 5.56 Å². The maximum Gasteiger partial charge on any atom is 0.393 e. The summed E-state index contributed by atoms with van der Waals surface area (Å²) in [7, 11) is 0. The van der Waals surface area contributed by atoms with Crippen molar-refractivity contribution in [3.8, 4) is 0 Å². The second-order valence-corrected chi connectivity index (χ2v) is 5.40. The third kappa shape index (κ3) is 2.47. The van der Waals surface area contributed by atoms with Crippen LogP contribution in [0.1, 0.15) is 5.56 Å². The van der Waals surface area contributed by atoms with Crippen molar-refractivity contribution >= 4 is 37.7 Å². The Morgan fingerprint density at radius 1 is 0.947 bits per heavy atom. The van der Waals surface area contributed by atoms with Gasteiger partial charge in [0.1, 0.15) is 0 Å². The van der Waals surface area contributed by atoms with Gasteiger partial charge in [-0.1, -0.05) is 28.1 Å². The van der Waals surface area contributed by atoms with Gasteiger partial charge in [-0.25, -0.2) is 0 Å². The summed E-state index contributed by atoms with van der Waals surface area (Å²) in [5.41, 5.74) is 2.04. The van der Waals surface area contributed by atoms with Crippen LogP contribution in [0.4, 0.5) is 13.2 Å². The standard InChI is InChI=1S/C14H9BrF3N/c15-9-2-3-10-11-5-8(7-14(16,17)18)1-4-12(11)19-13(10)6-9/h1-6,19H,7H2. The van der Waals surface area contributed by atoms with Gasteiger partial charge in [0, 0.05) is 26.3 Å². The van der Waals surface area contributed by atoms with E-state index in [4.69, 9.17) is 0 Å². The first-order chi connectivity index (χ1) is 8.92. The fourth-order valence-electron chi connectivity index (χ4n) is 2.26. The Balaban J connectivity index is 2.18. The predicted octanol–water partition coefficient (Wildman–Crippen LogP) is 5.19. The Morgan fingerprint density at radius 2 is 1.74 bits per heavy atom. The Labute approximate surface area is 115 Å². The molecule has 0 amide bonds. The number of rotatable bonds is 1. The number of aromatic amines is 1. The summed E-state index contributed by atoms with van der Waals surface area (Å²) in [6.07, 6.45) is -5.07. The Kier molecular flexibility index (Phi) is 2.82. The van der Waals surface area contributed by atoms with Gasteiger partial charge in [-0.15, -0.1) is 0 Å². The molecule has 1 nitrogen and oxygen atoms in total. The molecule has 0 bridgehead atoms. The maximum atomic E-state index is 12.4. The highest BCUT2D eigenvalue weighted by Crippen LogP contribution is 2.30. The van der Waals surface area contributed by atoms with Gasteiger partial charge in [0.15, 0.2) is 0 Å². The van der Waals surface area contributed by atoms with Crippen molar-refractivity contribution in [1.82, 2.24) is 4.98 Å². The quantitative estimate of drug-likeness (QED) is 0.633. The van der Waals surface area contributed by atoms with Crippen LogP contribution >= 0.6 is 15.9 Å². The highest BCUT2D eigenvalue weighted by molar-refractivity contribution is 9.10. The van der Waals surface area contributed by atoms with Gasteiger partial charge in [0.05, 0.1) is 6.42 Å². The first-order valence-electron chi connectivity index (χ1n) is 5.69. The average Bonchev–Trinajstić information content (AvgIpc) is 2.63. The molecule has 0 radical (unpaired) electrons. The van der Waals surface area contributed by atoms with Gasteiger partial charge in [-0.3, -0.25) is 0 Å². The number of hydrogen-bond acceptors (Lipinski definition) is 0. The second-order valence-electron chi connectivity index (χ2n) is 4.49. The Morgan fingerprint density at radius 3 is 2.47 bits per heavy atom. The summed E-state index contributed by atoms with van der Waals surface area (Å²) in [6.45, 7) is 0. The van der Waals surface area contributed by atoms with Gasteiger partial charge in [0.2, 0.25) is 0 Å². The highest BCUT2D eigenvalue weighted by Gasteiger charge is 2.27. The zero-order valence-electron chi connectivity index (χ0n) is 9.68. The van der Waals surface area contributed by atoms with Crippen molar-refractivity contribution in [2.24, 2.45) is 0 Å². The Hall–Kier alpha value is -1.49. The minimum atomic E-state index is -4.18. The summed E-state index contributed by atoms with van der Waals surface area (Å²) in [4.78, 5) is 3.20. The van der Waals surface area contributed by atoms with Crippen LogP contribution in [0.25, 0.3) is 21.8 Å². The fourth-order valence-corrected chi connectivity index (χ4v) is 2.63. The lowest BCUT2D eigenvalue weighted by Gasteiger charge is -2.06. The monoisotopic (exact) mass is 327 g/mol. The van der Waals surface area contributed by atoms with Crippen LogP contribution in [0.15, 0.2) is 40.9 Å². The minimum absolute atomic E-state index is 0.281. The van der Waals surface area contributed by atoms with E-state index in [2.05, 4.69) is 20.9 Å². The number of fused-ring (bicyclic) bond motifs is 3. The summed E-state index contributed by atoms with van der Waals surface area (Å²) in [5.74, 6) is 0. The first-order valence-corrected chi connectivity index (χ1v) is 6.48. The molecule has 0 atom stereocenters. The van der Waals surface area contributed by atoms with Gasteiger partial charge < -0.3 is 4.98 Å². The van der Waals surface area contributed by atoms with Crippen molar-refractivity contribution < 1.29 is 13.2 Å². The predicted molar refractivity (Wildman–Crippen MR) is 73.3 cm³/mol. The molecule has 2 aromatic carbocycles. The lowest BCUT2D eigenvalue weighted by atomic mass is 10.1. The molecular formula is C14H9BrF3N. The lowest BCUT2D eigenvalue weighted by molar-refractivity contribution is -0.127. The molecular weight excluding hydrogens is 319 g/mol. The molecule has 1 aromatic heterocycles. The number of alkyl halides is 3. The average molecular weight is 328 g/mol. The summed E-state index contributed by atoms with van der Waals surface area (Å²) in [6, 6.07) is 10.5. The highest BCUT2D eigenvalue weighted by atomic mass is 79.9. The van der Waals surface area contributed by atoms with Crippen LogP contribution in [0.2, 0.25) is 0 Å². The van der Waals surface area contributed by atoms with E-state index in [9.17, 15) is 13.2 Å². The first kappa shape index (κ1) is 12.5. The van der Waals surface area contributed by atoms with E-state index >= 15 is 0 Å². The van der Waals surface area contributed by atoms with Gasteiger partial charge in [-0.05, 0) is 29.8 Å². The molecule has 1 N–H and O–H groups in total. The number of nitrogens with one attached hydrogen (secondary N) is 1. The van der Waals surface area contributed by atoms with Crippen LogP contribution in [0.3, 0.4) is 0 Å². The van der Waals surface area contributed by atoms with Crippen LogP contribution in [-0.2, 0) is 6.42 Å². The van der Waals surface area contributed by atoms with Crippen LogP contribution in [0.5, 0.6) is 0 Å². The zero-order valence-corrected chi connectivity index (χ0v) is 11.3. The second kappa shape index (κ2) is 4.27. The molecule has 0 unspecified atom stereocenters. The number of hydrogen-bond donors (Lipinski definition) is 1. The minimum Gasteiger partial charge on any atom is -0.354 e. The van der Waals surface area contributed by atoms with E-state index in [1.807, 2.05) is 18.2 Å². The number of H-pyrrole nitrogens is 1. The Bertz CT molecular complexity index is 758. The third-order valence-electron chi connectivity index (χ3n) is 3.03. The maximum absolute atomic E-state index is 12.4. The van der Waals surface area contributed by atoms with Crippen LogP contribution in [-0.4, -0.2) is 11.2 Å². The molecule has 98 valence electrons. The SMILES string of the molecule is FC(F)(F)Cc1ccc2[nH]c3cc(Br)ccc3c2c1. The van der Waals surface area contributed by atoms with Gasteiger partial charge in [0.25, 0.3) is 0 Å². The van der Waals surface area contributed by atoms with Gasteiger partial charge >= 0.3 is 6.18 Å². The lowest BCUT2D eigenvalue weighted by Crippen LogP contribution is -2.11. The van der Waals surface area contributed by atoms with Crippen molar-refractivity contribution in [3.05, 3.63) is 46.4 Å². The molecule has 5 heteroatoms. The largest absolute Gasteiger partial charge is 0.393 e. The summed E-state index contributed by atoms with van der Waals surface area (Å²) >= 11 is 3.38. The molecule has 0 aliphatic rings. The van der Waals surface area contributed by atoms with E-state index in [0.29, 0.717) is 0 Å². The molecule has 3 rings (SSSR count). The molecule has 0 fully saturated rings. The van der Waals surface area contributed by atoms with Gasteiger partial charge in [-0.2, -0.15) is 13.2 Å². The molecule has 0 saturated carbocycles. The molecule has 19 heavy (non-hydrogen) atoms. The smallest absolute Gasteiger partial charge is 0.354 e. The molecule has 3 aromatic rings. The molecule has 1 heterocycles. The van der Waals surface area contributed by atoms with Crippen molar-refractivity contribution in [2.45, 2.75) is 12.6 Å². The van der Waals surface area contributed by atoms with E-state index in [0.717, 1.165) is 26.3 Å². The molecule has 0 saturated heterocycles. The van der Waals surface area contributed by atoms with E-state index in [1.165, 1.54) is 6.07 Å². The number of benzene rings is 2. The van der Waals surface area contributed by atoms with Crippen molar-refractivity contribution in [3.63, 3.8) is 0 Å². The van der Waals surface area contributed by atoms with Crippen LogP contribution in [0, 0.1) is 0 Å². The fraction of sp³-hybridized carbons (Fsp3) is 0.143. The molecule has 0 aliphatic heterocycles. The normalized spacial score (nSPS) is 12.4. The van der Waals surface area contributed by atoms with Crippen molar-refractivity contribution in [2.75, 3.05) is 0 Å². The number of halogens is 4. The third-order valence-corrected chi connectivity index (χ3v) is 3.52. The van der Waals surface area contributed by atoms with E-state index in [1.54, 1.807) is 12.1 Å². The van der Waals surface area contributed by atoms with Crippen LogP contribution < -0.4 is 0 Å². The number of aromatic nitrogens is 1. The molecule has 0 aliphatic carbocycles. The summed E-state index contributed by atoms with van der Waals surface area (Å²) < 4.78 is 38.2.